The van der Waals surface area contributed by atoms with E-state index in [-0.39, 0.29) is 23.5 Å². The lowest BCUT2D eigenvalue weighted by molar-refractivity contribution is -0.384. The molecule has 0 aromatic heterocycles. The maximum absolute atomic E-state index is 13.6. The van der Waals surface area contributed by atoms with Crippen LogP contribution in [-0.2, 0) is 6.54 Å². The van der Waals surface area contributed by atoms with E-state index in [1.165, 1.54) is 24.3 Å². The van der Waals surface area contributed by atoms with Crippen LogP contribution in [0.3, 0.4) is 0 Å². The Morgan fingerprint density at radius 2 is 2.10 bits per heavy atom. The quantitative estimate of drug-likeness (QED) is 0.668. The van der Waals surface area contributed by atoms with Gasteiger partial charge in [-0.25, -0.2) is 4.39 Å². The fourth-order valence-electron chi connectivity index (χ4n) is 1.78. The Balaban J connectivity index is 2.28. The van der Waals surface area contributed by atoms with Crippen LogP contribution in [0, 0.1) is 27.3 Å². The van der Waals surface area contributed by atoms with Gasteiger partial charge in [-0.2, -0.15) is 5.26 Å². The van der Waals surface area contributed by atoms with Crippen LogP contribution in [0.15, 0.2) is 40.9 Å². The lowest BCUT2D eigenvalue weighted by Crippen LogP contribution is -2.04. The molecule has 0 fully saturated rings. The maximum Gasteiger partial charge on any atom is 0.292 e. The van der Waals surface area contributed by atoms with Crippen molar-refractivity contribution >= 4 is 27.3 Å². The fraction of sp³-hybridized carbons (Fsp3) is 0.0714. The summed E-state index contributed by atoms with van der Waals surface area (Å²) in [7, 11) is 0. The molecule has 106 valence electrons. The van der Waals surface area contributed by atoms with Crippen molar-refractivity contribution in [3.63, 3.8) is 0 Å². The first-order chi connectivity index (χ1) is 10.0. The molecule has 0 heterocycles. The summed E-state index contributed by atoms with van der Waals surface area (Å²) in [5, 5.41) is 22.6. The van der Waals surface area contributed by atoms with Crippen LogP contribution in [0.5, 0.6) is 0 Å². The Kier molecular flexibility index (Phi) is 4.50. The van der Waals surface area contributed by atoms with Crippen molar-refractivity contribution in [3.8, 4) is 6.07 Å². The van der Waals surface area contributed by atoms with Crippen molar-refractivity contribution in [1.82, 2.24) is 0 Å². The van der Waals surface area contributed by atoms with Gasteiger partial charge in [0.2, 0.25) is 0 Å². The summed E-state index contributed by atoms with van der Waals surface area (Å²) >= 11 is 3.24. The van der Waals surface area contributed by atoms with Crippen LogP contribution in [0.2, 0.25) is 0 Å². The third kappa shape index (κ3) is 3.55. The molecule has 2 aromatic rings. The molecule has 0 bridgehead atoms. The normalized spacial score (nSPS) is 9.95. The molecule has 21 heavy (non-hydrogen) atoms. The summed E-state index contributed by atoms with van der Waals surface area (Å²) in [5.41, 5.74) is 0.668. The minimum Gasteiger partial charge on any atom is -0.375 e. The van der Waals surface area contributed by atoms with E-state index in [0.29, 0.717) is 10.0 Å². The highest BCUT2D eigenvalue weighted by atomic mass is 79.9. The minimum absolute atomic E-state index is 0.0704. The Hall–Kier alpha value is -2.46. The number of hydrogen-bond acceptors (Lipinski definition) is 4. The van der Waals surface area contributed by atoms with E-state index in [4.69, 9.17) is 5.26 Å². The summed E-state index contributed by atoms with van der Waals surface area (Å²) in [4.78, 5) is 10.4. The Bertz CT molecular complexity index is 743. The van der Waals surface area contributed by atoms with Gasteiger partial charge in [0.25, 0.3) is 5.69 Å². The number of nitrogens with one attached hydrogen (secondary N) is 1. The predicted molar refractivity (Wildman–Crippen MR) is 79.2 cm³/mol. The van der Waals surface area contributed by atoms with Gasteiger partial charge in [-0.15, -0.1) is 0 Å². The van der Waals surface area contributed by atoms with Crippen LogP contribution in [0.25, 0.3) is 0 Å². The fourth-order valence-corrected chi connectivity index (χ4v) is 2.18. The molecule has 0 amide bonds. The highest BCUT2D eigenvalue weighted by Gasteiger charge is 2.14. The van der Waals surface area contributed by atoms with E-state index < -0.39 is 10.7 Å². The standard InChI is InChI=1S/C14H9BrFN3O2/c15-11-2-3-12(16)10(6-11)8-18-13-5-9(7-17)1-4-14(13)19(20)21/h1-6,18H,8H2. The molecular weight excluding hydrogens is 341 g/mol. The average Bonchev–Trinajstić information content (AvgIpc) is 2.47. The zero-order valence-corrected chi connectivity index (χ0v) is 12.2. The van der Waals surface area contributed by atoms with E-state index in [1.54, 1.807) is 12.1 Å². The molecule has 0 unspecified atom stereocenters. The summed E-state index contributed by atoms with van der Waals surface area (Å²) in [6.07, 6.45) is 0. The zero-order valence-electron chi connectivity index (χ0n) is 10.6. The Morgan fingerprint density at radius 3 is 2.76 bits per heavy atom. The number of nitro groups is 1. The van der Waals surface area contributed by atoms with Gasteiger partial charge in [0, 0.05) is 22.6 Å². The molecule has 2 aromatic carbocycles. The molecule has 0 aliphatic heterocycles. The van der Waals surface area contributed by atoms with Crippen molar-refractivity contribution in [2.24, 2.45) is 0 Å². The van der Waals surface area contributed by atoms with Crippen LogP contribution in [0.1, 0.15) is 11.1 Å². The summed E-state index contributed by atoms with van der Waals surface area (Å²) in [6.45, 7) is 0.0704. The number of benzene rings is 2. The highest BCUT2D eigenvalue weighted by molar-refractivity contribution is 9.10. The van der Waals surface area contributed by atoms with Crippen molar-refractivity contribution in [2.45, 2.75) is 6.54 Å². The van der Waals surface area contributed by atoms with Gasteiger partial charge in [0.1, 0.15) is 11.5 Å². The zero-order chi connectivity index (χ0) is 15.4. The number of hydrogen-bond donors (Lipinski definition) is 1. The highest BCUT2D eigenvalue weighted by Crippen LogP contribution is 2.26. The summed E-state index contributed by atoms with van der Waals surface area (Å²) in [5.74, 6) is -0.412. The molecule has 5 nitrogen and oxygen atoms in total. The molecule has 0 atom stereocenters. The van der Waals surface area contributed by atoms with Gasteiger partial charge in [-0.1, -0.05) is 15.9 Å². The largest absolute Gasteiger partial charge is 0.375 e. The van der Waals surface area contributed by atoms with Crippen molar-refractivity contribution in [3.05, 3.63) is 67.9 Å². The van der Waals surface area contributed by atoms with Gasteiger partial charge in [0.15, 0.2) is 0 Å². The monoisotopic (exact) mass is 349 g/mol. The first-order valence-corrected chi connectivity index (χ1v) is 6.67. The number of anilines is 1. The second kappa shape index (κ2) is 6.33. The minimum atomic E-state index is -0.555. The Morgan fingerprint density at radius 1 is 1.33 bits per heavy atom. The average molecular weight is 350 g/mol. The second-order valence-electron chi connectivity index (χ2n) is 4.19. The van der Waals surface area contributed by atoms with Gasteiger partial charge < -0.3 is 5.32 Å². The lowest BCUT2D eigenvalue weighted by atomic mass is 10.1. The number of nitro benzene ring substituents is 1. The van der Waals surface area contributed by atoms with E-state index >= 15 is 0 Å². The molecular formula is C14H9BrFN3O2. The number of nitrogens with zero attached hydrogens (tertiary/aromatic N) is 2. The first-order valence-electron chi connectivity index (χ1n) is 5.87. The molecule has 0 saturated heterocycles. The number of rotatable bonds is 4. The third-order valence-electron chi connectivity index (χ3n) is 2.80. The van der Waals surface area contributed by atoms with Gasteiger partial charge >= 0.3 is 0 Å². The van der Waals surface area contributed by atoms with E-state index in [9.17, 15) is 14.5 Å². The molecule has 0 radical (unpaired) electrons. The first kappa shape index (κ1) is 14.9. The molecule has 0 spiro atoms. The van der Waals surface area contributed by atoms with E-state index in [1.807, 2.05) is 6.07 Å². The lowest BCUT2D eigenvalue weighted by Gasteiger charge is -2.09. The molecule has 2 rings (SSSR count). The molecule has 7 heteroatoms. The van der Waals surface area contributed by atoms with E-state index in [0.717, 1.165) is 0 Å². The van der Waals surface area contributed by atoms with E-state index in [2.05, 4.69) is 21.2 Å². The molecule has 1 N–H and O–H groups in total. The maximum atomic E-state index is 13.6. The predicted octanol–water partition coefficient (Wildman–Crippen LogP) is 3.98. The number of nitriles is 1. The molecule has 0 aliphatic carbocycles. The van der Waals surface area contributed by atoms with Gasteiger partial charge in [-0.05, 0) is 30.3 Å². The SMILES string of the molecule is N#Cc1ccc([N+](=O)[O-])c(NCc2cc(Br)ccc2F)c1. The molecule has 0 aliphatic rings. The van der Waals surface area contributed by atoms with Crippen molar-refractivity contribution < 1.29 is 9.31 Å². The topological polar surface area (TPSA) is 79.0 Å². The third-order valence-corrected chi connectivity index (χ3v) is 3.29. The molecule has 0 saturated carbocycles. The van der Waals surface area contributed by atoms with Crippen molar-refractivity contribution in [1.29, 1.82) is 5.26 Å². The van der Waals surface area contributed by atoms with Crippen LogP contribution in [0.4, 0.5) is 15.8 Å². The van der Waals surface area contributed by atoms with Crippen LogP contribution < -0.4 is 5.32 Å². The Labute approximate surface area is 128 Å². The summed E-state index contributed by atoms with van der Waals surface area (Å²) in [6, 6.07) is 10.3. The van der Waals surface area contributed by atoms with Crippen LogP contribution in [-0.4, -0.2) is 4.92 Å². The van der Waals surface area contributed by atoms with Crippen molar-refractivity contribution in [2.75, 3.05) is 5.32 Å². The van der Waals surface area contributed by atoms with Gasteiger partial charge in [0.05, 0.1) is 16.6 Å². The smallest absolute Gasteiger partial charge is 0.292 e. The second-order valence-corrected chi connectivity index (χ2v) is 5.11. The summed E-state index contributed by atoms with van der Waals surface area (Å²) < 4.78 is 14.3. The van der Waals surface area contributed by atoms with Crippen LogP contribution >= 0.6 is 15.9 Å². The van der Waals surface area contributed by atoms with Gasteiger partial charge in [-0.3, -0.25) is 10.1 Å². The number of halogens is 2.